The van der Waals surface area contributed by atoms with Crippen LogP contribution in [0, 0.1) is 21.4 Å². The van der Waals surface area contributed by atoms with Gasteiger partial charge in [-0.25, -0.2) is 19.6 Å². The summed E-state index contributed by atoms with van der Waals surface area (Å²) in [5.41, 5.74) is 1.97. The number of hydrogen-bond donors (Lipinski definition) is 1. The molecule has 1 aromatic carbocycles. The van der Waals surface area contributed by atoms with Crippen LogP contribution < -0.4 is 5.32 Å². The second kappa shape index (κ2) is 8.49. The quantitative estimate of drug-likeness (QED) is 0.300. The summed E-state index contributed by atoms with van der Waals surface area (Å²) < 4.78 is 1.61. The molecular formula is C22H12N8O3S. The highest BCUT2D eigenvalue weighted by molar-refractivity contribution is 7.17. The van der Waals surface area contributed by atoms with Crippen molar-refractivity contribution >= 4 is 39.1 Å². The van der Waals surface area contributed by atoms with E-state index < -0.39 is 10.8 Å². The molecule has 0 aliphatic heterocycles. The zero-order chi connectivity index (χ0) is 23.7. The third-order valence-electron chi connectivity index (χ3n) is 4.79. The first-order chi connectivity index (χ1) is 16.5. The SMILES string of the molecule is N#Cc1ccc(-c2nc(NC(=O)c3ccc([N+](=O)[O-])s3)c3cnn(-c4ccccc4)c3n2)cn1. The molecule has 5 rings (SSSR count). The Morgan fingerprint density at radius 2 is 1.91 bits per heavy atom. The monoisotopic (exact) mass is 468 g/mol. The Bertz CT molecular complexity index is 1590. The first kappa shape index (κ1) is 20.9. The molecule has 0 saturated heterocycles. The molecule has 0 fully saturated rings. The zero-order valence-corrected chi connectivity index (χ0v) is 17.9. The summed E-state index contributed by atoms with van der Waals surface area (Å²) in [6.07, 6.45) is 3.01. The van der Waals surface area contributed by atoms with Crippen molar-refractivity contribution in [3.63, 3.8) is 0 Å². The minimum atomic E-state index is -0.551. The van der Waals surface area contributed by atoms with Crippen LogP contribution in [0.15, 0.2) is 67.0 Å². The van der Waals surface area contributed by atoms with E-state index in [0.717, 1.165) is 17.0 Å². The van der Waals surface area contributed by atoms with E-state index in [-0.39, 0.29) is 27.2 Å². The number of carbonyl (C=O) groups excluding carboxylic acids is 1. The van der Waals surface area contributed by atoms with Gasteiger partial charge in [-0.2, -0.15) is 10.4 Å². The molecule has 4 heterocycles. The van der Waals surface area contributed by atoms with Gasteiger partial charge in [0.25, 0.3) is 5.91 Å². The van der Waals surface area contributed by atoms with Crippen molar-refractivity contribution in [1.29, 1.82) is 5.26 Å². The number of thiophene rings is 1. The molecule has 0 unspecified atom stereocenters. The average Bonchev–Trinajstić information content (AvgIpc) is 3.53. The van der Waals surface area contributed by atoms with Crippen LogP contribution >= 0.6 is 11.3 Å². The van der Waals surface area contributed by atoms with Gasteiger partial charge in [0.15, 0.2) is 11.5 Å². The molecule has 0 aliphatic carbocycles. The first-order valence-electron chi connectivity index (χ1n) is 9.77. The Kier molecular flexibility index (Phi) is 5.21. The molecular weight excluding hydrogens is 456 g/mol. The van der Waals surface area contributed by atoms with Crippen LogP contribution in [-0.2, 0) is 0 Å². The van der Waals surface area contributed by atoms with E-state index in [0.29, 0.717) is 16.6 Å². The number of para-hydroxylation sites is 1. The summed E-state index contributed by atoms with van der Waals surface area (Å²) in [5.74, 6) is -0.100. The van der Waals surface area contributed by atoms with Crippen LogP contribution in [0.1, 0.15) is 15.4 Å². The Balaban J connectivity index is 1.63. The summed E-state index contributed by atoms with van der Waals surface area (Å²) in [6, 6.07) is 17.1. The molecule has 0 saturated carbocycles. The van der Waals surface area contributed by atoms with Gasteiger partial charge in [0.2, 0.25) is 0 Å². The van der Waals surface area contributed by atoms with Gasteiger partial charge < -0.3 is 5.32 Å². The fourth-order valence-corrected chi connectivity index (χ4v) is 3.92. The summed E-state index contributed by atoms with van der Waals surface area (Å²) in [4.78, 5) is 36.6. The lowest BCUT2D eigenvalue weighted by Gasteiger charge is -2.09. The summed E-state index contributed by atoms with van der Waals surface area (Å²) in [5, 5.41) is 27.5. The molecule has 0 radical (unpaired) electrons. The molecule has 0 bridgehead atoms. The fourth-order valence-electron chi connectivity index (χ4n) is 3.20. The second-order valence-electron chi connectivity index (χ2n) is 6.92. The third-order valence-corrected chi connectivity index (χ3v) is 5.83. The topological polar surface area (TPSA) is 153 Å². The fraction of sp³-hybridized carbons (Fsp3) is 0. The average molecular weight is 468 g/mol. The van der Waals surface area contributed by atoms with Crippen molar-refractivity contribution < 1.29 is 9.72 Å². The number of benzene rings is 1. The number of aromatic nitrogens is 5. The van der Waals surface area contributed by atoms with Gasteiger partial charge in [0.05, 0.1) is 27.1 Å². The molecule has 0 spiro atoms. The normalized spacial score (nSPS) is 10.7. The van der Waals surface area contributed by atoms with Crippen molar-refractivity contribution in [2.45, 2.75) is 0 Å². The number of fused-ring (bicyclic) bond motifs is 1. The number of amides is 1. The largest absolute Gasteiger partial charge is 0.324 e. The maximum absolute atomic E-state index is 12.8. The van der Waals surface area contributed by atoms with E-state index in [1.54, 1.807) is 16.8 Å². The number of rotatable bonds is 5. The predicted molar refractivity (Wildman–Crippen MR) is 124 cm³/mol. The van der Waals surface area contributed by atoms with Gasteiger partial charge in [-0.15, -0.1) is 0 Å². The van der Waals surface area contributed by atoms with Crippen molar-refractivity contribution in [3.8, 4) is 23.1 Å². The highest BCUT2D eigenvalue weighted by atomic mass is 32.1. The molecule has 0 atom stereocenters. The molecule has 0 aliphatic rings. The number of carbonyl (C=O) groups is 1. The molecule has 5 aromatic rings. The molecule has 12 heteroatoms. The van der Waals surface area contributed by atoms with Gasteiger partial charge in [-0.3, -0.25) is 14.9 Å². The number of hydrogen-bond acceptors (Lipinski definition) is 9. The van der Waals surface area contributed by atoms with Crippen LogP contribution in [0.2, 0.25) is 0 Å². The van der Waals surface area contributed by atoms with E-state index in [2.05, 4.69) is 25.4 Å². The lowest BCUT2D eigenvalue weighted by atomic mass is 10.2. The predicted octanol–water partition coefficient (Wildman–Crippen LogP) is 3.97. The Hall–Kier alpha value is -5.02. The van der Waals surface area contributed by atoms with Crippen LogP contribution in [0.25, 0.3) is 28.1 Å². The van der Waals surface area contributed by atoms with Gasteiger partial charge in [0, 0.05) is 17.8 Å². The lowest BCUT2D eigenvalue weighted by molar-refractivity contribution is -0.380. The van der Waals surface area contributed by atoms with Crippen molar-refractivity contribution in [3.05, 3.63) is 87.7 Å². The number of nitrogens with zero attached hydrogens (tertiary/aromatic N) is 7. The van der Waals surface area contributed by atoms with Gasteiger partial charge in [-0.1, -0.05) is 29.5 Å². The highest BCUT2D eigenvalue weighted by Gasteiger charge is 2.20. The molecule has 34 heavy (non-hydrogen) atoms. The minimum Gasteiger partial charge on any atom is -0.305 e. The van der Waals surface area contributed by atoms with E-state index in [1.165, 1.54) is 24.5 Å². The Morgan fingerprint density at radius 3 is 2.59 bits per heavy atom. The lowest BCUT2D eigenvalue weighted by Crippen LogP contribution is -2.12. The van der Waals surface area contributed by atoms with Crippen LogP contribution in [-0.4, -0.2) is 35.6 Å². The minimum absolute atomic E-state index is 0.140. The van der Waals surface area contributed by atoms with Crippen LogP contribution in [0.5, 0.6) is 0 Å². The van der Waals surface area contributed by atoms with E-state index in [9.17, 15) is 14.9 Å². The standard InChI is InChI=1S/C22H12N8O3S/c23-10-14-7-6-13(11-24-14)19-26-20(28-22(31)17-8-9-18(34-17)30(32)33)16-12-25-29(21(16)27-19)15-4-2-1-3-5-15/h1-9,11-12H,(H,26,27,28,31). The van der Waals surface area contributed by atoms with Crippen molar-refractivity contribution in [1.82, 2.24) is 24.7 Å². The third kappa shape index (κ3) is 3.83. The highest BCUT2D eigenvalue weighted by Crippen LogP contribution is 2.29. The summed E-state index contributed by atoms with van der Waals surface area (Å²) >= 11 is 0.765. The molecule has 1 N–H and O–H groups in total. The number of pyridine rings is 1. The number of anilines is 1. The van der Waals surface area contributed by atoms with Crippen LogP contribution in [0.4, 0.5) is 10.8 Å². The number of nitriles is 1. The van der Waals surface area contributed by atoms with E-state index in [1.807, 2.05) is 36.4 Å². The second-order valence-corrected chi connectivity index (χ2v) is 7.98. The molecule has 1 amide bonds. The molecule has 164 valence electrons. The van der Waals surface area contributed by atoms with Crippen molar-refractivity contribution in [2.24, 2.45) is 0 Å². The van der Waals surface area contributed by atoms with E-state index in [4.69, 9.17) is 5.26 Å². The smallest absolute Gasteiger partial charge is 0.305 e. The summed E-state index contributed by atoms with van der Waals surface area (Å²) in [7, 11) is 0. The van der Waals surface area contributed by atoms with E-state index >= 15 is 0 Å². The Labute approximate surface area is 195 Å². The first-order valence-corrected chi connectivity index (χ1v) is 10.6. The number of nitro groups is 1. The zero-order valence-electron chi connectivity index (χ0n) is 17.1. The van der Waals surface area contributed by atoms with Crippen LogP contribution in [0.3, 0.4) is 0 Å². The maximum Gasteiger partial charge on any atom is 0.324 e. The van der Waals surface area contributed by atoms with Gasteiger partial charge in [-0.05, 0) is 30.3 Å². The summed E-state index contributed by atoms with van der Waals surface area (Å²) in [6.45, 7) is 0. The maximum atomic E-state index is 12.8. The Morgan fingerprint density at radius 1 is 1.09 bits per heavy atom. The number of nitrogens with one attached hydrogen (secondary N) is 1. The van der Waals surface area contributed by atoms with Gasteiger partial charge >= 0.3 is 5.00 Å². The molecule has 4 aromatic heterocycles. The van der Waals surface area contributed by atoms with Gasteiger partial charge in [0.1, 0.15) is 17.6 Å². The molecule has 11 nitrogen and oxygen atoms in total. The van der Waals surface area contributed by atoms with Crippen molar-refractivity contribution in [2.75, 3.05) is 5.32 Å².